The summed E-state index contributed by atoms with van der Waals surface area (Å²) < 4.78 is 1.86. The van der Waals surface area contributed by atoms with Crippen LogP contribution in [0.2, 0.25) is 0 Å². The number of nitrogens with zero attached hydrogens (tertiary/aromatic N) is 4. The van der Waals surface area contributed by atoms with Crippen LogP contribution in [-0.2, 0) is 17.8 Å². The minimum Gasteiger partial charge on any atom is -0.341 e. The first-order valence-corrected chi connectivity index (χ1v) is 12.8. The van der Waals surface area contributed by atoms with E-state index in [1.54, 1.807) is 6.07 Å². The van der Waals surface area contributed by atoms with E-state index in [1.807, 2.05) is 9.47 Å². The Morgan fingerprint density at radius 2 is 1.73 bits per heavy atom. The van der Waals surface area contributed by atoms with Crippen LogP contribution in [0.15, 0.2) is 41.2 Å². The molecule has 1 amide bonds. The largest absolute Gasteiger partial charge is 0.341 e. The van der Waals surface area contributed by atoms with E-state index in [4.69, 9.17) is 4.98 Å². The number of carbonyl (C=O) groups excluding carboxylic acids is 1. The number of carbonyl (C=O) groups is 1. The van der Waals surface area contributed by atoms with Crippen LogP contribution in [0.1, 0.15) is 73.9 Å². The van der Waals surface area contributed by atoms with Gasteiger partial charge >= 0.3 is 0 Å². The third-order valence-electron chi connectivity index (χ3n) is 7.72. The highest BCUT2D eigenvalue weighted by Crippen LogP contribution is 2.28. The van der Waals surface area contributed by atoms with Gasteiger partial charge in [-0.05, 0) is 56.6 Å². The van der Waals surface area contributed by atoms with Crippen LogP contribution in [0.5, 0.6) is 0 Å². The van der Waals surface area contributed by atoms with E-state index in [9.17, 15) is 9.59 Å². The summed E-state index contributed by atoms with van der Waals surface area (Å²) in [7, 11) is 0. The molecule has 0 radical (unpaired) electrons. The van der Waals surface area contributed by atoms with Gasteiger partial charge in [0.1, 0.15) is 5.82 Å². The number of amides is 1. The van der Waals surface area contributed by atoms with Gasteiger partial charge in [0.2, 0.25) is 5.91 Å². The Labute approximate surface area is 196 Å². The van der Waals surface area contributed by atoms with E-state index in [1.165, 1.54) is 12.0 Å². The first-order chi connectivity index (χ1) is 16.2. The molecule has 6 heteroatoms. The second-order valence-corrected chi connectivity index (χ2v) is 10.1. The zero-order valence-electron chi connectivity index (χ0n) is 19.6. The summed E-state index contributed by atoms with van der Waals surface area (Å²) in [5.41, 5.74) is 2.36. The van der Waals surface area contributed by atoms with Gasteiger partial charge in [0.25, 0.3) is 5.56 Å². The van der Waals surface area contributed by atoms with Crippen LogP contribution in [0.3, 0.4) is 0 Å². The summed E-state index contributed by atoms with van der Waals surface area (Å²) in [6.45, 7) is 4.73. The summed E-state index contributed by atoms with van der Waals surface area (Å²) in [5, 5.41) is 0. The minimum absolute atomic E-state index is 0.0839. The van der Waals surface area contributed by atoms with Crippen molar-refractivity contribution in [1.82, 2.24) is 19.4 Å². The lowest BCUT2D eigenvalue weighted by Gasteiger charge is -2.36. The lowest BCUT2D eigenvalue weighted by atomic mass is 9.90. The average molecular weight is 449 g/mol. The normalized spacial score (nSPS) is 24.2. The summed E-state index contributed by atoms with van der Waals surface area (Å²) >= 11 is 0. The molecule has 4 heterocycles. The van der Waals surface area contributed by atoms with E-state index >= 15 is 0 Å². The Balaban J connectivity index is 1.23. The fourth-order valence-corrected chi connectivity index (χ4v) is 5.88. The maximum absolute atomic E-state index is 13.2. The molecular formula is C27H36N4O2. The summed E-state index contributed by atoms with van der Waals surface area (Å²) in [4.78, 5) is 35.2. The Morgan fingerprint density at radius 1 is 0.909 bits per heavy atom. The number of aryl methyl sites for hydroxylation is 1. The van der Waals surface area contributed by atoms with Crippen molar-refractivity contribution in [3.63, 3.8) is 0 Å². The highest BCUT2D eigenvalue weighted by Gasteiger charge is 2.29. The first-order valence-electron chi connectivity index (χ1n) is 12.8. The highest BCUT2D eigenvalue weighted by molar-refractivity contribution is 5.78. The lowest BCUT2D eigenvalue weighted by Crippen LogP contribution is -2.47. The molecule has 0 aliphatic carbocycles. The smallest absolute Gasteiger partial charge is 0.253 e. The van der Waals surface area contributed by atoms with Crippen molar-refractivity contribution in [2.75, 3.05) is 32.7 Å². The molecule has 2 fully saturated rings. The fourth-order valence-electron chi connectivity index (χ4n) is 5.88. The van der Waals surface area contributed by atoms with Gasteiger partial charge in [-0.3, -0.25) is 19.1 Å². The van der Waals surface area contributed by atoms with Crippen molar-refractivity contribution in [1.29, 1.82) is 0 Å². The van der Waals surface area contributed by atoms with E-state index < -0.39 is 0 Å². The summed E-state index contributed by atoms with van der Waals surface area (Å²) in [6, 6.07) is 12.4. The highest BCUT2D eigenvalue weighted by atomic mass is 16.2. The number of fused-ring (bicyclic) bond motifs is 1. The second kappa shape index (κ2) is 10.2. The average Bonchev–Trinajstić information content (AvgIpc) is 3.11. The number of aromatic nitrogens is 2. The lowest BCUT2D eigenvalue weighted by molar-refractivity contribution is -0.134. The molecule has 1 aromatic heterocycles. The third-order valence-corrected chi connectivity index (χ3v) is 7.72. The van der Waals surface area contributed by atoms with Gasteiger partial charge in [-0.2, -0.15) is 0 Å². The molecule has 2 aromatic rings. The van der Waals surface area contributed by atoms with Crippen LogP contribution in [-0.4, -0.2) is 58.0 Å². The number of piperidine rings is 2. The molecule has 0 bridgehead atoms. The van der Waals surface area contributed by atoms with Gasteiger partial charge in [0.15, 0.2) is 0 Å². The van der Waals surface area contributed by atoms with Gasteiger partial charge in [0.05, 0.1) is 12.2 Å². The van der Waals surface area contributed by atoms with E-state index in [-0.39, 0.29) is 17.4 Å². The van der Waals surface area contributed by atoms with Gasteiger partial charge in [0, 0.05) is 44.6 Å². The predicted molar refractivity (Wildman–Crippen MR) is 129 cm³/mol. The summed E-state index contributed by atoms with van der Waals surface area (Å²) in [6.07, 6.45) is 8.51. The number of benzene rings is 1. The fraction of sp³-hybridized carbons (Fsp3) is 0.593. The van der Waals surface area contributed by atoms with Crippen LogP contribution in [0, 0.1) is 0 Å². The Kier molecular flexibility index (Phi) is 6.91. The molecule has 0 saturated carbocycles. The quantitative estimate of drug-likeness (QED) is 0.718. The second-order valence-electron chi connectivity index (χ2n) is 10.1. The molecule has 6 nitrogen and oxygen atoms in total. The predicted octanol–water partition coefficient (Wildman–Crippen LogP) is 3.56. The van der Waals surface area contributed by atoms with Crippen molar-refractivity contribution < 1.29 is 4.79 Å². The maximum atomic E-state index is 13.2. The maximum Gasteiger partial charge on any atom is 0.253 e. The van der Waals surface area contributed by atoms with Crippen molar-refractivity contribution in [2.24, 2.45) is 0 Å². The standard InChI is InChI=1S/C27H36N4O2/c32-26-17-24(28-25-13-5-2-6-16-31(25)26)23-12-8-15-30(19-23)27(33)20-29-14-7-11-22(18-29)21-9-3-1-4-10-21/h1,3-4,9-10,17,22-23H,2,5-8,11-16,18-20H2/t22-,23+/m0/s1. The molecule has 176 valence electrons. The molecule has 2 atom stereocenters. The van der Waals surface area contributed by atoms with E-state index in [2.05, 4.69) is 35.2 Å². The Hall–Kier alpha value is -2.47. The van der Waals surface area contributed by atoms with Crippen LogP contribution >= 0.6 is 0 Å². The zero-order valence-corrected chi connectivity index (χ0v) is 19.6. The van der Waals surface area contributed by atoms with Gasteiger partial charge in [-0.1, -0.05) is 36.8 Å². The molecule has 0 spiro atoms. The van der Waals surface area contributed by atoms with Crippen molar-refractivity contribution in [3.8, 4) is 0 Å². The number of hydrogen-bond acceptors (Lipinski definition) is 4. The molecule has 0 unspecified atom stereocenters. The molecule has 3 aliphatic rings. The van der Waals surface area contributed by atoms with Gasteiger partial charge < -0.3 is 4.90 Å². The van der Waals surface area contributed by atoms with Crippen molar-refractivity contribution in [2.45, 2.75) is 69.7 Å². The number of rotatable bonds is 4. The van der Waals surface area contributed by atoms with Crippen LogP contribution in [0.4, 0.5) is 0 Å². The number of hydrogen-bond donors (Lipinski definition) is 0. The SMILES string of the molecule is O=C(CN1CCC[C@H](c2ccccc2)C1)N1CCC[C@@H](c2cc(=O)n3c(n2)CCCCC3)C1. The summed E-state index contributed by atoms with van der Waals surface area (Å²) in [5.74, 6) is 1.85. The Bertz CT molecular complexity index is 1020. The topological polar surface area (TPSA) is 58.4 Å². The van der Waals surface area contributed by atoms with E-state index in [0.29, 0.717) is 19.0 Å². The number of likely N-dealkylation sites (tertiary alicyclic amines) is 2. The molecule has 2 saturated heterocycles. The third kappa shape index (κ3) is 5.21. The minimum atomic E-state index is 0.0839. The van der Waals surface area contributed by atoms with Crippen LogP contribution in [0.25, 0.3) is 0 Å². The van der Waals surface area contributed by atoms with Crippen LogP contribution < -0.4 is 5.56 Å². The molecule has 0 N–H and O–H groups in total. The van der Waals surface area contributed by atoms with Crippen molar-refractivity contribution >= 4 is 5.91 Å². The monoisotopic (exact) mass is 448 g/mol. The van der Waals surface area contributed by atoms with Crippen molar-refractivity contribution in [3.05, 3.63) is 63.8 Å². The Morgan fingerprint density at radius 3 is 2.61 bits per heavy atom. The molecule has 33 heavy (non-hydrogen) atoms. The van der Waals surface area contributed by atoms with Gasteiger partial charge in [-0.25, -0.2) is 4.98 Å². The van der Waals surface area contributed by atoms with E-state index in [0.717, 1.165) is 82.6 Å². The molecule has 1 aromatic carbocycles. The molecule has 3 aliphatic heterocycles. The zero-order chi connectivity index (χ0) is 22.6. The molecule has 5 rings (SSSR count). The van der Waals surface area contributed by atoms with Gasteiger partial charge in [-0.15, -0.1) is 0 Å². The first kappa shape index (κ1) is 22.3. The molecular weight excluding hydrogens is 412 g/mol.